The largest absolute Gasteiger partial charge is 0.478 e. The zero-order valence-corrected chi connectivity index (χ0v) is 12.2. The minimum atomic E-state index is -1.11. The van der Waals surface area contributed by atoms with Crippen LogP contribution in [-0.2, 0) is 4.79 Å². The lowest BCUT2D eigenvalue weighted by molar-refractivity contribution is -0.144. The summed E-state index contributed by atoms with van der Waals surface area (Å²) in [6.07, 6.45) is -1.09. The van der Waals surface area contributed by atoms with Gasteiger partial charge in [-0.05, 0) is 36.4 Å². The third kappa shape index (κ3) is 2.63. The number of carboxylic acid groups (broad SMARTS) is 1. The number of halogens is 1. The number of aliphatic carboxylic acids is 1. The van der Waals surface area contributed by atoms with Gasteiger partial charge in [0.2, 0.25) is 6.10 Å². The molecule has 0 saturated carbocycles. The predicted octanol–water partition coefficient (Wildman–Crippen LogP) is 2.83. The predicted molar refractivity (Wildman–Crippen MR) is 81.6 cm³/mol. The number of carboxylic acids is 1. The van der Waals surface area contributed by atoms with E-state index in [1.54, 1.807) is 48.5 Å². The zero-order chi connectivity index (χ0) is 15.7. The first-order valence-corrected chi connectivity index (χ1v) is 7.00. The minimum Gasteiger partial charge on any atom is -0.478 e. The number of hydrogen-bond donors (Lipinski definition) is 1. The Hall–Kier alpha value is -2.53. The van der Waals surface area contributed by atoms with Crippen LogP contribution in [0.4, 0.5) is 5.69 Å². The maximum atomic E-state index is 12.7. The monoisotopic (exact) mass is 317 g/mol. The number of carbonyl (C=O) groups is 2. The number of fused-ring (bicyclic) bond motifs is 1. The number of nitrogens with zero attached hydrogens (tertiary/aromatic N) is 1. The maximum absolute atomic E-state index is 12.7. The van der Waals surface area contributed by atoms with E-state index in [-0.39, 0.29) is 12.5 Å². The van der Waals surface area contributed by atoms with E-state index in [4.69, 9.17) is 16.3 Å². The number of carbonyl (C=O) groups excluding carboxylic acids is 1. The molecule has 0 bridgehead atoms. The summed E-state index contributed by atoms with van der Waals surface area (Å²) >= 11 is 5.83. The van der Waals surface area contributed by atoms with Crippen molar-refractivity contribution in [1.82, 2.24) is 0 Å². The molecule has 6 heteroatoms. The van der Waals surface area contributed by atoms with Crippen LogP contribution >= 0.6 is 11.6 Å². The standard InChI is InChI=1S/C16H12ClNO4/c17-11-7-5-10(6-8-11)15(19)18-9-14(16(20)21)22-13-4-2-1-3-12(13)18/h1-8,14H,9H2,(H,20,21)/t14-/m0/s1. The molecule has 0 unspecified atom stereocenters. The molecule has 3 rings (SSSR count). The van der Waals surface area contributed by atoms with E-state index in [9.17, 15) is 14.7 Å². The Labute approximate surface area is 131 Å². The summed E-state index contributed by atoms with van der Waals surface area (Å²) in [5.41, 5.74) is 0.991. The summed E-state index contributed by atoms with van der Waals surface area (Å²) < 4.78 is 5.41. The van der Waals surface area contributed by atoms with Crippen LogP contribution in [0.3, 0.4) is 0 Å². The van der Waals surface area contributed by atoms with Crippen molar-refractivity contribution < 1.29 is 19.4 Å². The van der Waals surface area contributed by atoms with Crippen molar-refractivity contribution in [3.63, 3.8) is 0 Å². The van der Waals surface area contributed by atoms with Crippen LogP contribution in [0.15, 0.2) is 48.5 Å². The van der Waals surface area contributed by atoms with Crippen LogP contribution in [-0.4, -0.2) is 29.6 Å². The Kier molecular flexibility index (Phi) is 3.73. The first-order chi connectivity index (χ1) is 10.6. The van der Waals surface area contributed by atoms with Crippen LogP contribution in [0.1, 0.15) is 10.4 Å². The average Bonchev–Trinajstić information content (AvgIpc) is 2.53. The van der Waals surface area contributed by atoms with Crippen molar-refractivity contribution in [3.8, 4) is 5.75 Å². The summed E-state index contributed by atoms with van der Waals surface area (Å²) in [4.78, 5) is 25.3. The molecule has 2 aromatic carbocycles. The minimum absolute atomic E-state index is 0.0478. The zero-order valence-electron chi connectivity index (χ0n) is 11.4. The topological polar surface area (TPSA) is 66.8 Å². The van der Waals surface area contributed by atoms with E-state index in [1.165, 1.54) is 4.90 Å². The number of ether oxygens (including phenoxy) is 1. The SMILES string of the molecule is O=C(O)[C@@H]1CN(C(=O)c2ccc(Cl)cc2)c2ccccc2O1. The van der Waals surface area contributed by atoms with E-state index in [1.807, 2.05) is 0 Å². The van der Waals surface area contributed by atoms with Gasteiger partial charge in [0, 0.05) is 10.6 Å². The number of para-hydroxylation sites is 2. The lowest BCUT2D eigenvalue weighted by Gasteiger charge is -2.33. The number of anilines is 1. The molecule has 1 atom stereocenters. The molecule has 1 N–H and O–H groups in total. The molecule has 5 nitrogen and oxygen atoms in total. The van der Waals surface area contributed by atoms with Crippen LogP contribution in [0.5, 0.6) is 5.75 Å². The van der Waals surface area contributed by atoms with Gasteiger partial charge in [-0.3, -0.25) is 4.79 Å². The summed E-state index contributed by atoms with van der Waals surface area (Å²) in [6.45, 7) is -0.0478. The fraction of sp³-hybridized carbons (Fsp3) is 0.125. The van der Waals surface area contributed by atoms with Gasteiger partial charge in [-0.15, -0.1) is 0 Å². The van der Waals surface area contributed by atoms with Gasteiger partial charge >= 0.3 is 5.97 Å². The summed E-state index contributed by atoms with van der Waals surface area (Å²) in [6, 6.07) is 13.3. The quantitative estimate of drug-likeness (QED) is 0.925. The molecule has 1 aliphatic rings. The first-order valence-electron chi connectivity index (χ1n) is 6.62. The Morgan fingerprint density at radius 2 is 1.82 bits per heavy atom. The first kappa shape index (κ1) is 14.4. The molecule has 1 heterocycles. The highest BCUT2D eigenvalue weighted by Crippen LogP contribution is 2.34. The van der Waals surface area contributed by atoms with E-state index >= 15 is 0 Å². The van der Waals surface area contributed by atoms with Gasteiger partial charge in [-0.1, -0.05) is 23.7 Å². The molecule has 1 amide bonds. The molecule has 22 heavy (non-hydrogen) atoms. The Morgan fingerprint density at radius 3 is 2.50 bits per heavy atom. The van der Waals surface area contributed by atoms with Crippen molar-refractivity contribution in [2.75, 3.05) is 11.4 Å². The highest BCUT2D eigenvalue weighted by molar-refractivity contribution is 6.30. The highest BCUT2D eigenvalue weighted by Gasteiger charge is 2.33. The van der Waals surface area contributed by atoms with Crippen molar-refractivity contribution in [2.24, 2.45) is 0 Å². The normalized spacial score (nSPS) is 16.6. The average molecular weight is 318 g/mol. The van der Waals surface area contributed by atoms with Gasteiger partial charge in [0.25, 0.3) is 5.91 Å². The van der Waals surface area contributed by atoms with Crippen LogP contribution < -0.4 is 9.64 Å². The van der Waals surface area contributed by atoms with Gasteiger partial charge in [-0.2, -0.15) is 0 Å². The van der Waals surface area contributed by atoms with Crippen LogP contribution in [0, 0.1) is 0 Å². The lowest BCUT2D eigenvalue weighted by atomic mass is 10.1. The van der Waals surface area contributed by atoms with Gasteiger partial charge in [0.05, 0.1) is 12.2 Å². The van der Waals surface area contributed by atoms with E-state index < -0.39 is 12.1 Å². The van der Waals surface area contributed by atoms with E-state index in [2.05, 4.69) is 0 Å². The second-order valence-electron chi connectivity index (χ2n) is 4.84. The molecule has 0 aromatic heterocycles. The number of amides is 1. The number of hydrogen-bond acceptors (Lipinski definition) is 3. The fourth-order valence-electron chi connectivity index (χ4n) is 2.30. The van der Waals surface area contributed by atoms with Crippen molar-refractivity contribution in [2.45, 2.75) is 6.10 Å². The third-order valence-electron chi connectivity index (χ3n) is 3.39. The number of benzene rings is 2. The van der Waals surface area contributed by atoms with Crippen LogP contribution in [0.25, 0.3) is 0 Å². The smallest absolute Gasteiger partial charge is 0.346 e. The second-order valence-corrected chi connectivity index (χ2v) is 5.27. The molecule has 1 aliphatic heterocycles. The Morgan fingerprint density at radius 1 is 1.14 bits per heavy atom. The van der Waals surface area contributed by atoms with Crippen LogP contribution in [0.2, 0.25) is 5.02 Å². The summed E-state index contributed by atoms with van der Waals surface area (Å²) in [5.74, 6) is -1.02. The number of rotatable bonds is 2. The van der Waals surface area contributed by atoms with Gasteiger partial charge in [0.1, 0.15) is 5.75 Å². The van der Waals surface area contributed by atoms with Gasteiger partial charge < -0.3 is 14.7 Å². The summed E-state index contributed by atoms with van der Waals surface area (Å²) in [5, 5.41) is 9.72. The third-order valence-corrected chi connectivity index (χ3v) is 3.64. The molecule has 0 fully saturated rings. The molecule has 0 saturated heterocycles. The van der Waals surface area contributed by atoms with Gasteiger partial charge in [0.15, 0.2) is 0 Å². The van der Waals surface area contributed by atoms with E-state index in [0.29, 0.717) is 22.0 Å². The van der Waals surface area contributed by atoms with Gasteiger partial charge in [-0.25, -0.2) is 4.79 Å². The molecular weight excluding hydrogens is 306 g/mol. The highest BCUT2D eigenvalue weighted by atomic mass is 35.5. The molecule has 0 spiro atoms. The molecule has 0 aliphatic carbocycles. The second kappa shape index (κ2) is 5.69. The van der Waals surface area contributed by atoms with Crippen molar-refractivity contribution in [1.29, 1.82) is 0 Å². The summed E-state index contributed by atoms with van der Waals surface area (Å²) in [7, 11) is 0. The molecule has 112 valence electrons. The fourth-order valence-corrected chi connectivity index (χ4v) is 2.43. The Balaban J connectivity index is 1.99. The van der Waals surface area contributed by atoms with Crippen molar-refractivity contribution >= 4 is 29.2 Å². The molecular formula is C16H12ClNO4. The molecule has 0 radical (unpaired) electrons. The van der Waals surface area contributed by atoms with Crippen molar-refractivity contribution in [3.05, 3.63) is 59.1 Å². The molecule has 2 aromatic rings. The Bertz CT molecular complexity index is 729. The maximum Gasteiger partial charge on any atom is 0.346 e. The van der Waals surface area contributed by atoms with E-state index in [0.717, 1.165) is 0 Å². The lowest BCUT2D eigenvalue weighted by Crippen LogP contribution is -2.47.